The fourth-order valence-corrected chi connectivity index (χ4v) is 3.53. The first-order valence-corrected chi connectivity index (χ1v) is 7.18. The predicted molar refractivity (Wildman–Crippen MR) is 58.6 cm³/mol. The summed E-state index contributed by atoms with van der Waals surface area (Å²) in [5, 5.41) is 1.05. The lowest BCUT2D eigenvalue weighted by Crippen LogP contribution is -1.89. The van der Waals surface area contributed by atoms with Crippen LogP contribution in [-0.4, -0.2) is 22.6 Å². The van der Waals surface area contributed by atoms with Crippen molar-refractivity contribution in [2.75, 3.05) is 16.8 Å². The maximum absolute atomic E-state index is 10.5. The van der Waals surface area contributed by atoms with E-state index in [1.165, 1.54) is 0 Å². The number of halogens is 1. The van der Waals surface area contributed by atoms with Crippen molar-refractivity contribution in [2.24, 2.45) is 0 Å². The Balaban J connectivity index is 2.85. The molecule has 0 aliphatic heterocycles. The number of Topliss-reactive ketones (excluding diaryl/α,β-unsaturated/α-hetero) is 1. The molecule has 0 aromatic carbocycles. The van der Waals surface area contributed by atoms with E-state index in [0.717, 1.165) is 29.7 Å². The molecule has 0 aliphatic carbocycles. The molecule has 0 bridgehead atoms. The van der Waals surface area contributed by atoms with E-state index in [1.54, 1.807) is 6.92 Å². The van der Waals surface area contributed by atoms with Gasteiger partial charge < -0.3 is 4.79 Å². The van der Waals surface area contributed by atoms with Gasteiger partial charge in [-0.3, -0.25) is 0 Å². The van der Waals surface area contributed by atoms with Gasteiger partial charge in [-0.2, -0.15) is 0 Å². The zero-order chi connectivity index (χ0) is 8.53. The van der Waals surface area contributed by atoms with Crippen LogP contribution in [0.15, 0.2) is 0 Å². The Labute approximate surface area is 84.6 Å². The Morgan fingerprint density at radius 3 is 2.55 bits per heavy atom. The molecule has 0 aromatic heterocycles. The zero-order valence-corrected chi connectivity index (χ0v) is 9.86. The van der Waals surface area contributed by atoms with Gasteiger partial charge in [0.25, 0.3) is 0 Å². The molecule has 0 fully saturated rings. The lowest BCUT2D eigenvalue weighted by Gasteiger charge is -1.96. The van der Waals surface area contributed by atoms with Crippen molar-refractivity contribution in [3.05, 3.63) is 0 Å². The number of ketones is 1. The zero-order valence-electron chi connectivity index (χ0n) is 6.64. The molecule has 0 N–H and O–H groups in total. The van der Waals surface area contributed by atoms with Crippen LogP contribution in [0.4, 0.5) is 0 Å². The van der Waals surface area contributed by atoms with Gasteiger partial charge in [-0.05, 0) is 13.3 Å². The molecule has 0 spiro atoms. The molecule has 0 amide bonds. The van der Waals surface area contributed by atoms with Crippen LogP contribution < -0.4 is 0 Å². The average molecular weight is 257 g/mol. The van der Waals surface area contributed by atoms with Crippen LogP contribution in [0, 0.1) is 0 Å². The lowest BCUT2D eigenvalue weighted by atomic mass is 10.3. The van der Waals surface area contributed by atoms with Gasteiger partial charge in [-0.15, -0.1) is 0 Å². The van der Waals surface area contributed by atoms with Gasteiger partial charge in [0, 0.05) is 23.3 Å². The molecule has 0 aliphatic rings. The largest absolute Gasteiger partial charge is 0.300 e. The molecule has 0 rings (SSSR count). The Morgan fingerprint density at radius 2 is 2.00 bits per heavy atom. The van der Waals surface area contributed by atoms with Crippen LogP contribution in [0.5, 0.6) is 0 Å². The normalized spacial score (nSPS) is 10.0. The highest BCUT2D eigenvalue weighted by atomic mass is 79.9. The summed E-state index contributed by atoms with van der Waals surface area (Å²) in [6.45, 7) is 1.65. The third kappa shape index (κ3) is 10.8. The van der Waals surface area contributed by atoms with Gasteiger partial charge in [-0.25, -0.2) is 0 Å². The first-order valence-electron chi connectivity index (χ1n) is 3.57. The second-order valence-electron chi connectivity index (χ2n) is 2.14. The molecule has 0 aromatic rings. The van der Waals surface area contributed by atoms with E-state index < -0.39 is 0 Å². The molecule has 66 valence electrons. The number of hydrogen-bond acceptors (Lipinski definition) is 3. The standard InChI is InChI=1S/C7H13BrOS2/c1-7(9)3-2-5-10-11-6-4-8/h2-6H2,1H3. The van der Waals surface area contributed by atoms with Crippen LogP contribution >= 0.6 is 37.5 Å². The van der Waals surface area contributed by atoms with E-state index in [-0.39, 0.29) is 0 Å². The summed E-state index contributed by atoms with van der Waals surface area (Å²) in [6, 6.07) is 0. The molecule has 0 unspecified atom stereocenters. The third-order valence-electron chi connectivity index (χ3n) is 1.00. The molecule has 0 atom stereocenters. The number of carbonyl (C=O) groups is 1. The summed E-state index contributed by atoms with van der Waals surface area (Å²) < 4.78 is 0. The summed E-state index contributed by atoms with van der Waals surface area (Å²) in [6.07, 6.45) is 1.76. The Bertz CT molecular complexity index is 109. The minimum Gasteiger partial charge on any atom is -0.300 e. The van der Waals surface area contributed by atoms with E-state index in [9.17, 15) is 4.79 Å². The van der Waals surface area contributed by atoms with Crippen molar-refractivity contribution in [3.8, 4) is 0 Å². The van der Waals surface area contributed by atoms with Crippen LogP contribution in [-0.2, 0) is 4.79 Å². The highest BCUT2D eigenvalue weighted by molar-refractivity contribution is 9.09. The van der Waals surface area contributed by atoms with Gasteiger partial charge in [0.1, 0.15) is 5.78 Å². The van der Waals surface area contributed by atoms with E-state index in [0.29, 0.717) is 5.78 Å². The average Bonchev–Trinajstić information content (AvgIpc) is 1.96. The van der Waals surface area contributed by atoms with E-state index in [4.69, 9.17) is 0 Å². The molecule has 1 nitrogen and oxygen atoms in total. The molecular formula is C7H13BrOS2. The summed E-state index contributed by atoms with van der Waals surface area (Å²) in [4.78, 5) is 10.5. The minimum atomic E-state index is 0.302. The van der Waals surface area contributed by atoms with Crippen molar-refractivity contribution in [2.45, 2.75) is 19.8 Å². The van der Waals surface area contributed by atoms with Crippen LogP contribution in [0.2, 0.25) is 0 Å². The third-order valence-corrected chi connectivity index (χ3v) is 4.41. The molecule has 0 saturated heterocycles. The van der Waals surface area contributed by atoms with Gasteiger partial charge in [0.2, 0.25) is 0 Å². The molecule has 0 heterocycles. The van der Waals surface area contributed by atoms with Crippen LogP contribution in [0.25, 0.3) is 0 Å². The molecule has 0 radical (unpaired) electrons. The number of hydrogen-bond donors (Lipinski definition) is 0. The second-order valence-corrected chi connectivity index (χ2v) is 5.63. The summed E-state index contributed by atoms with van der Waals surface area (Å²) in [7, 11) is 3.72. The summed E-state index contributed by atoms with van der Waals surface area (Å²) in [5.74, 6) is 2.54. The molecule has 4 heteroatoms. The highest BCUT2D eigenvalue weighted by Gasteiger charge is 1.93. The number of rotatable bonds is 7. The quantitative estimate of drug-likeness (QED) is 0.396. The topological polar surface area (TPSA) is 17.1 Å². The fraction of sp³-hybridized carbons (Fsp3) is 0.857. The molecular weight excluding hydrogens is 244 g/mol. The van der Waals surface area contributed by atoms with E-state index >= 15 is 0 Å². The lowest BCUT2D eigenvalue weighted by molar-refractivity contribution is -0.117. The Kier molecular flexibility index (Phi) is 9.63. The van der Waals surface area contributed by atoms with E-state index in [1.807, 2.05) is 21.6 Å². The first-order chi connectivity index (χ1) is 5.27. The first kappa shape index (κ1) is 11.8. The molecule has 0 saturated carbocycles. The predicted octanol–water partition coefficient (Wildman–Crippen LogP) is 3.13. The van der Waals surface area contributed by atoms with Crippen molar-refractivity contribution < 1.29 is 4.79 Å². The van der Waals surface area contributed by atoms with Crippen molar-refractivity contribution >= 4 is 43.3 Å². The van der Waals surface area contributed by atoms with Crippen LogP contribution in [0.1, 0.15) is 19.8 Å². The van der Waals surface area contributed by atoms with E-state index in [2.05, 4.69) is 15.9 Å². The van der Waals surface area contributed by atoms with Gasteiger partial charge in [0.05, 0.1) is 0 Å². The van der Waals surface area contributed by atoms with Gasteiger partial charge >= 0.3 is 0 Å². The Hall–Kier alpha value is 0.850. The molecule has 11 heavy (non-hydrogen) atoms. The van der Waals surface area contributed by atoms with Gasteiger partial charge in [-0.1, -0.05) is 37.5 Å². The van der Waals surface area contributed by atoms with Crippen molar-refractivity contribution in [3.63, 3.8) is 0 Å². The SMILES string of the molecule is CC(=O)CCCSSCCBr. The Morgan fingerprint density at radius 1 is 1.36 bits per heavy atom. The summed E-state index contributed by atoms with van der Waals surface area (Å²) in [5.41, 5.74) is 0. The maximum Gasteiger partial charge on any atom is 0.129 e. The number of alkyl halides is 1. The van der Waals surface area contributed by atoms with Crippen LogP contribution in [0.3, 0.4) is 0 Å². The maximum atomic E-state index is 10.5. The monoisotopic (exact) mass is 256 g/mol. The summed E-state index contributed by atoms with van der Waals surface area (Å²) >= 11 is 3.35. The smallest absolute Gasteiger partial charge is 0.129 e. The van der Waals surface area contributed by atoms with Gasteiger partial charge in [0.15, 0.2) is 0 Å². The fourth-order valence-electron chi connectivity index (χ4n) is 0.529. The minimum absolute atomic E-state index is 0.302. The van der Waals surface area contributed by atoms with Crippen molar-refractivity contribution in [1.82, 2.24) is 0 Å². The highest BCUT2D eigenvalue weighted by Crippen LogP contribution is 2.22. The van der Waals surface area contributed by atoms with Crippen molar-refractivity contribution in [1.29, 1.82) is 0 Å². The number of carbonyl (C=O) groups excluding carboxylic acids is 1. The second kappa shape index (κ2) is 8.94.